The first-order chi connectivity index (χ1) is 14.3. The van der Waals surface area contributed by atoms with Gasteiger partial charge < -0.3 is 14.2 Å². The number of amides is 2. The van der Waals surface area contributed by atoms with E-state index in [0.29, 0.717) is 13.1 Å². The summed E-state index contributed by atoms with van der Waals surface area (Å²) >= 11 is 6.04. The molecule has 0 radical (unpaired) electrons. The highest BCUT2D eigenvalue weighted by atomic mass is 35.5. The molecule has 0 aliphatic rings. The van der Waals surface area contributed by atoms with Crippen molar-refractivity contribution in [2.24, 2.45) is 5.41 Å². The third kappa shape index (κ3) is 6.63. The number of alkyl halides is 1. The molecular weight excluding hydrogens is 400 g/mol. The van der Waals surface area contributed by atoms with E-state index >= 15 is 0 Å². The second-order valence-corrected chi connectivity index (χ2v) is 8.61. The molecule has 0 fully saturated rings. The van der Waals surface area contributed by atoms with E-state index in [1.54, 1.807) is 16.1 Å². The normalized spacial score (nSPS) is 12.4. The van der Waals surface area contributed by atoms with Crippen molar-refractivity contribution in [3.8, 4) is 0 Å². The highest BCUT2D eigenvalue weighted by Crippen LogP contribution is 2.23. The van der Waals surface area contributed by atoms with Crippen molar-refractivity contribution in [2.75, 3.05) is 19.0 Å². The van der Waals surface area contributed by atoms with Gasteiger partial charge in [-0.25, -0.2) is 0 Å². The van der Waals surface area contributed by atoms with Gasteiger partial charge in [-0.2, -0.15) is 0 Å². The molecule has 0 bridgehead atoms. The van der Waals surface area contributed by atoms with Crippen LogP contribution in [0.25, 0.3) is 0 Å². The van der Waals surface area contributed by atoms with Crippen LogP contribution in [0.3, 0.4) is 0 Å². The lowest BCUT2D eigenvalue weighted by Gasteiger charge is -2.35. The van der Waals surface area contributed by atoms with Crippen LogP contribution < -0.4 is 0 Å². The summed E-state index contributed by atoms with van der Waals surface area (Å²) in [6, 6.07) is 13.7. The largest absolute Gasteiger partial charge is 0.467 e. The SMILES string of the molecule is CCC(C)N(CC(=O)N(CCc1ccccc1)Cc1ccco1)C(=O)C(C)(C)CCl. The first-order valence-corrected chi connectivity index (χ1v) is 11.0. The van der Waals surface area contributed by atoms with Gasteiger partial charge in [0.05, 0.1) is 18.2 Å². The molecule has 2 rings (SSSR count). The minimum atomic E-state index is -0.721. The van der Waals surface area contributed by atoms with E-state index in [4.69, 9.17) is 16.0 Å². The summed E-state index contributed by atoms with van der Waals surface area (Å²) in [5.41, 5.74) is 0.439. The number of hydrogen-bond acceptors (Lipinski definition) is 3. The number of nitrogens with zero attached hydrogens (tertiary/aromatic N) is 2. The molecule has 164 valence electrons. The summed E-state index contributed by atoms with van der Waals surface area (Å²) in [6.45, 7) is 8.57. The van der Waals surface area contributed by atoms with Gasteiger partial charge in [-0.15, -0.1) is 11.6 Å². The molecule has 6 heteroatoms. The maximum atomic E-state index is 13.3. The molecule has 2 aromatic rings. The van der Waals surface area contributed by atoms with Gasteiger partial charge in [-0.3, -0.25) is 9.59 Å². The number of benzene rings is 1. The topological polar surface area (TPSA) is 53.8 Å². The Bertz CT molecular complexity index is 790. The van der Waals surface area contributed by atoms with Crippen LogP contribution in [0.5, 0.6) is 0 Å². The standard InChI is InChI=1S/C24H33ClN2O3/c1-5-19(2)27(23(29)24(3,4)18-25)17-22(28)26(16-21-12-9-15-30-21)14-13-20-10-7-6-8-11-20/h6-12,15,19H,5,13-14,16-18H2,1-4H3. The first-order valence-electron chi connectivity index (χ1n) is 10.5. The highest BCUT2D eigenvalue weighted by Gasteiger charge is 2.35. The van der Waals surface area contributed by atoms with Crippen molar-refractivity contribution < 1.29 is 14.0 Å². The van der Waals surface area contributed by atoms with E-state index in [9.17, 15) is 9.59 Å². The van der Waals surface area contributed by atoms with Crippen molar-refractivity contribution in [2.45, 2.75) is 53.1 Å². The summed E-state index contributed by atoms with van der Waals surface area (Å²) in [5.74, 6) is 0.735. The highest BCUT2D eigenvalue weighted by molar-refractivity contribution is 6.19. The maximum Gasteiger partial charge on any atom is 0.242 e. The molecule has 1 heterocycles. The van der Waals surface area contributed by atoms with Crippen molar-refractivity contribution >= 4 is 23.4 Å². The zero-order chi connectivity index (χ0) is 22.1. The van der Waals surface area contributed by atoms with Crippen LogP contribution in [0.4, 0.5) is 0 Å². The van der Waals surface area contributed by atoms with E-state index in [1.807, 2.05) is 70.2 Å². The lowest BCUT2D eigenvalue weighted by Crippen LogP contribution is -2.51. The van der Waals surface area contributed by atoms with E-state index in [1.165, 1.54) is 0 Å². The Morgan fingerprint density at radius 3 is 2.40 bits per heavy atom. The van der Waals surface area contributed by atoms with Crippen LogP contribution in [-0.2, 0) is 22.6 Å². The van der Waals surface area contributed by atoms with Crippen molar-refractivity contribution in [3.05, 3.63) is 60.1 Å². The predicted octanol–water partition coefficient (Wildman–Crippen LogP) is 4.74. The van der Waals surface area contributed by atoms with Gasteiger partial charge in [-0.1, -0.05) is 37.3 Å². The quantitative estimate of drug-likeness (QED) is 0.482. The van der Waals surface area contributed by atoms with Gasteiger partial charge in [0.2, 0.25) is 11.8 Å². The Morgan fingerprint density at radius 1 is 1.13 bits per heavy atom. The smallest absolute Gasteiger partial charge is 0.242 e. The minimum Gasteiger partial charge on any atom is -0.467 e. The summed E-state index contributed by atoms with van der Waals surface area (Å²) in [4.78, 5) is 29.8. The van der Waals surface area contributed by atoms with Crippen LogP contribution >= 0.6 is 11.6 Å². The second-order valence-electron chi connectivity index (χ2n) is 8.34. The molecule has 1 atom stereocenters. The fraction of sp³-hybridized carbons (Fsp3) is 0.500. The summed E-state index contributed by atoms with van der Waals surface area (Å²) in [6.07, 6.45) is 3.10. The summed E-state index contributed by atoms with van der Waals surface area (Å²) in [5, 5.41) is 0. The maximum absolute atomic E-state index is 13.3. The Labute approximate surface area is 185 Å². The van der Waals surface area contributed by atoms with Crippen LogP contribution in [0, 0.1) is 5.41 Å². The molecule has 1 unspecified atom stereocenters. The van der Waals surface area contributed by atoms with E-state index < -0.39 is 5.41 Å². The molecule has 1 aromatic heterocycles. The Hall–Kier alpha value is -2.27. The lowest BCUT2D eigenvalue weighted by molar-refractivity contribution is -0.147. The Balaban J connectivity index is 2.17. The fourth-order valence-corrected chi connectivity index (χ4v) is 3.25. The molecule has 0 saturated carbocycles. The second kappa shape index (κ2) is 11.2. The lowest BCUT2D eigenvalue weighted by atomic mass is 9.93. The number of carbonyl (C=O) groups is 2. The van der Waals surface area contributed by atoms with Gasteiger partial charge >= 0.3 is 0 Å². The number of hydrogen-bond donors (Lipinski definition) is 0. The van der Waals surface area contributed by atoms with Crippen LogP contribution in [0.15, 0.2) is 53.1 Å². The molecule has 0 spiro atoms. The van der Waals surface area contributed by atoms with Gasteiger partial charge in [0.15, 0.2) is 0 Å². The number of rotatable bonds is 11. The Kier molecular flexibility index (Phi) is 8.97. The van der Waals surface area contributed by atoms with Gasteiger partial charge in [-0.05, 0) is 51.3 Å². The third-order valence-corrected chi connectivity index (χ3v) is 6.06. The fourth-order valence-electron chi connectivity index (χ4n) is 3.13. The predicted molar refractivity (Wildman–Crippen MR) is 120 cm³/mol. The van der Waals surface area contributed by atoms with Gasteiger partial charge in [0.1, 0.15) is 12.3 Å². The zero-order valence-electron chi connectivity index (χ0n) is 18.4. The van der Waals surface area contributed by atoms with Crippen LogP contribution in [0.2, 0.25) is 0 Å². The average Bonchev–Trinajstić information content (AvgIpc) is 3.27. The molecule has 30 heavy (non-hydrogen) atoms. The summed E-state index contributed by atoms with van der Waals surface area (Å²) < 4.78 is 5.47. The summed E-state index contributed by atoms with van der Waals surface area (Å²) in [7, 11) is 0. The van der Waals surface area contributed by atoms with Crippen molar-refractivity contribution in [3.63, 3.8) is 0 Å². The van der Waals surface area contributed by atoms with Gasteiger partial charge in [0, 0.05) is 18.5 Å². The van der Waals surface area contributed by atoms with Crippen LogP contribution in [-0.4, -0.2) is 46.6 Å². The van der Waals surface area contributed by atoms with Crippen molar-refractivity contribution in [1.82, 2.24) is 9.80 Å². The monoisotopic (exact) mass is 432 g/mol. The van der Waals surface area contributed by atoms with Crippen LogP contribution in [0.1, 0.15) is 45.4 Å². The molecule has 2 amide bonds. The first kappa shape index (κ1) is 24.0. The molecule has 0 aliphatic carbocycles. The molecular formula is C24H33ClN2O3. The molecule has 0 aliphatic heterocycles. The Morgan fingerprint density at radius 2 is 1.83 bits per heavy atom. The zero-order valence-corrected chi connectivity index (χ0v) is 19.2. The van der Waals surface area contributed by atoms with Gasteiger partial charge in [0.25, 0.3) is 0 Å². The number of carbonyl (C=O) groups excluding carboxylic acids is 2. The third-order valence-electron chi connectivity index (χ3n) is 5.40. The number of halogens is 1. The minimum absolute atomic E-state index is 0.0314. The van der Waals surface area contributed by atoms with E-state index in [0.717, 1.165) is 24.2 Å². The average molecular weight is 433 g/mol. The molecule has 0 N–H and O–H groups in total. The van der Waals surface area contributed by atoms with Crippen molar-refractivity contribution in [1.29, 1.82) is 0 Å². The van der Waals surface area contributed by atoms with E-state index in [2.05, 4.69) is 0 Å². The molecule has 5 nitrogen and oxygen atoms in total. The molecule has 1 aromatic carbocycles. The molecule has 0 saturated heterocycles. The van der Waals surface area contributed by atoms with E-state index in [-0.39, 0.29) is 30.3 Å². The number of furan rings is 1.